The second-order valence-electron chi connectivity index (χ2n) is 8.33. The van der Waals surface area contributed by atoms with Crippen LogP contribution < -0.4 is 10.5 Å². The molecule has 1 saturated heterocycles. The molecule has 0 radical (unpaired) electrons. The summed E-state index contributed by atoms with van der Waals surface area (Å²) in [5, 5.41) is 19.7. The van der Waals surface area contributed by atoms with Gasteiger partial charge >= 0.3 is 6.18 Å². The summed E-state index contributed by atoms with van der Waals surface area (Å²) >= 11 is 1.27. The molecule has 9 nitrogen and oxygen atoms in total. The van der Waals surface area contributed by atoms with Gasteiger partial charge in [0.05, 0.1) is 4.88 Å². The third-order valence-corrected chi connectivity index (χ3v) is 7.93. The summed E-state index contributed by atoms with van der Waals surface area (Å²) in [5.41, 5.74) is -0.270. The molecule has 2 aromatic heterocycles. The van der Waals surface area contributed by atoms with E-state index in [0.29, 0.717) is 23.5 Å². The summed E-state index contributed by atoms with van der Waals surface area (Å²) in [6.07, 6.45) is -1.02. The molecular formula is C21H23F3N6O3S2. The van der Waals surface area contributed by atoms with E-state index in [9.17, 15) is 26.7 Å². The van der Waals surface area contributed by atoms with Gasteiger partial charge in [-0.05, 0) is 55.5 Å². The number of thiazole rings is 1. The van der Waals surface area contributed by atoms with E-state index in [1.165, 1.54) is 11.3 Å². The molecule has 35 heavy (non-hydrogen) atoms. The van der Waals surface area contributed by atoms with Crippen LogP contribution in [0.5, 0.6) is 0 Å². The van der Waals surface area contributed by atoms with Gasteiger partial charge in [0.1, 0.15) is 16.3 Å². The van der Waals surface area contributed by atoms with Crippen molar-refractivity contribution in [3.05, 3.63) is 52.9 Å². The summed E-state index contributed by atoms with van der Waals surface area (Å²) in [5.74, 6) is -0.187. The highest BCUT2D eigenvalue weighted by molar-refractivity contribution is 7.86. The highest BCUT2D eigenvalue weighted by Gasteiger charge is 2.37. The number of halogens is 3. The lowest BCUT2D eigenvalue weighted by Gasteiger charge is -2.24. The lowest BCUT2D eigenvalue weighted by molar-refractivity contribution is -0.141. The molecule has 1 aliphatic rings. The van der Waals surface area contributed by atoms with Gasteiger partial charge in [-0.15, -0.1) is 11.3 Å². The minimum Gasteiger partial charge on any atom is -0.383 e. The number of anilines is 2. The standard InChI is InChI=1S/C21H23F3N6O3S2/c1-13-9-14(11-15(10-13)28-19-26-6-3-17(29-19)21(22,23)24)16-12-27-18(34-16)20(31)4-2-7-30(8-5-20)35(25,32)33/h3,6,9-12,31H,2,4-5,7-8H2,1H3,(H2,25,32,33)(H,26,28,29)/t20-/m1/s1. The van der Waals surface area contributed by atoms with E-state index in [-0.39, 0.29) is 25.5 Å². The maximum Gasteiger partial charge on any atom is 0.433 e. The molecule has 1 aromatic carbocycles. The van der Waals surface area contributed by atoms with Crippen LogP contribution in [0.15, 0.2) is 36.7 Å². The van der Waals surface area contributed by atoms with Gasteiger partial charge in [-0.2, -0.15) is 25.9 Å². The monoisotopic (exact) mass is 528 g/mol. The number of aliphatic hydroxyl groups is 1. The fourth-order valence-corrected chi connectivity index (χ4v) is 5.67. The molecule has 0 unspecified atom stereocenters. The third kappa shape index (κ3) is 5.95. The molecule has 0 saturated carbocycles. The molecule has 1 aliphatic heterocycles. The number of hydrogen-bond donors (Lipinski definition) is 3. The van der Waals surface area contributed by atoms with Crippen molar-refractivity contribution in [2.24, 2.45) is 5.14 Å². The lowest BCUT2D eigenvalue weighted by Crippen LogP contribution is -2.38. The molecule has 4 N–H and O–H groups in total. The first-order valence-electron chi connectivity index (χ1n) is 10.6. The van der Waals surface area contributed by atoms with E-state index in [0.717, 1.165) is 32.6 Å². The van der Waals surface area contributed by atoms with Crippen molar-refractivity contribution in [3.63, 3.8) is 0 Å². The third-order valence-electron chi connectivity index (χ3n) is 5.60. The number of aromatic nitrogens is 3. The lowest BCUT2D eigenvalue weighted by atomic mass is 9.96. The van der Waals surface area contributed by atoms with Gasteiger partial charge in [-0.1, -0.05) is 6.07 Å². The minimum absolute atomic E-state index is 0.0831. The summed E-state index contributed by atoms with van der Waals surface area (Å²) in [6.45, 7) is 2.15. The van der Waals surface area contributed by atoms with E-state index in [1.807, 2.05) is 13.0 Å². The number of nitrogens with zero attached hydrogens (tertiary/aromatic N) is 4. The van der Waals surface area contributed by atoms with Crippen LogP contribution in [-0.2, 0) is 22.0 Å². The molecule has 4 rings (SSSR count). The Labute approximate surface area is 204 Å². The van der Waals surface area contributed by atoms with Gasteiger partial charge in [0.2, 0.25) is 5.95 Å². The molecule has 188 valence electrons. The van der Waals surface area contributed by atoms with Crippen LogP contribution in [-0.4, -0.2) is 45.9 Å². The first-order chi connectivity index (χ1) is 16.3. The average molecular weight is 529 g/mol. The molecule has 1 atom stereocenters. The Morgan fingerprint density at radius 1 is 1.20 bits per heavy atom. The van der Waals surface area contributed by atoms with E-state index in [4.69, 9.17) is 5.14 Å². The number of alkyl halides is 3. The highest BCUT2D eigenvalue weighted by atomic mass is 32.2. The second kappa shape index (κ2) is 9.43. The van der Waals surface area contributed by atoms with Gasteiger partial charge in [-0.25, -0.2) is 20.1 Å². The maximum atomic E-state index is 13.0. The molecule has 0 bridgehead atoms. The summed E-state index contributed by atoms with van der Waals surface area (Å²) < 4.78 is 63.4. The zero-order valence-electron chi connectivity index (χ0n) is 18.6. The van der Waals surface area contributed by atoms with Gasteiger partial charge in [-0.3, -0.25) is 0 Å². The Morgan fingerprint density at radius 3 is 2.69 bits per heavy atom. The van der Waals surface area contributed by atoms with Crippen molar-refractivity contribution >= 4 is 33.2 Å². The number of rotatable bonds is 5. The van der Waals surface area contributed by atoms with Crippen molar-refractivity contribution in [1.29, 1.82) is 0 Å². The van der Waals surface area contributed by atoms with Crippen molar-refractivity contribution in [2.45, 2.75) is 38.0 Å². The second-order valence-corrected chi connectivity index (χ2v) is 10.9. The first-order valence-corrected chi connectivity index (χ1v) is 12.9. The highest BCUT2D eigenvalue weighted by Crippen LogP contribution is 2.39. The van der Waals surface area contributed by atoms with E-state index < -0.39 is 27.7 Å². The quantitative estimate of drug-likeness (QED) is 0.461. The van der Waals surface area contributed by atoms with E-state index >= 15 is 0 Å². The minimum atomic E-state index is -4.58. The molecule has 3 aromatic rings. The van der Waals surface area contributed by atoms with Crippen LogP contribution >= 0.6 is 11.3 Å². The van der Waals surface area contributed by atoms with Crippen LogP contribution in [0, 0.1) is 6.92 Å². The smallest absolute Gasteiger partial charge is 0.383 e. The largest absolute Gasteiger partial charge is 0.433 e. The van der Waals surface area contributed by atoms with Crippen LogP contribution in [0.1, 0.15) is 35.5 Å². The Kier molecular flexibility index (Phi) is 6.85. The van der Waals surface area contributed by atoms with Gasteiger partial charge in [0, 0.05) is 31.2 Å². The molecule has 14 heteroatoms. The van der Waals surface area contributed by atoms with Crippen LogP contribution in [0.25, 0.3) is 10.4 Å². The molecule has 0 amide bonds. The summed E-state index contributed by atoms with van der Waals surface area (Å²) in [4.78, 5) is 12.5. The number of benzene rings is 1. The van der Waals surface area contributed by atoms with Crippen molar-refractivity contribution < 1.29 is 26.7 Å². The Balaban J connectivity index is 1.57. The van der Waals surface area contributed by atoms with Crippen LogP contribution in [0.4, 0.5) is 24.8 Å². The molecule has 1 fully saturated rings. The zero-order chi connectivity index (χ0) is 25.4. The first kappa shape index (κ1) is 25.4. The molecule has 0 aliphatic carbocycles. The average Bonchev–Trinajstić information content (AvgIpc) is 3.17. The SMILES string of the molecule is Cc1cc(Nc2nccc(C(F)(F)F)n2)cc(-c2cnc([C@@]3(O)CCCN(S(N)(=O)=O)CC3)s2)c1. The Morgan fingerprint density at radius 2 is 1.97 bits per heavy atom. The number of nitrogens with two attached hydrogens (primary N) is 1. The Hall–Kier alpha value is -2.65. The Bertz CT molecular complexity index is 1330. The topological polar surface area (TPSA) is 134 Å². The molecule has 0 spiro atoms. The van der Waals surface area contributed by atoms with Gasteiger partial charge in [0.15, 0.2) is 0 Å². The normalized spacial score (nSPS) is 19.9. The van der Waals surface area contributed by atoms with Crippen molar-refractivity contribution in [1.82, 2.24) is 19.3 Å². The van der Waals surface area contributed by atoms with Crippen molar-refractivity contribution in [3.8, 4) is 10.4 Å². The summed E-state index contributed by atoms with van der Waals surface area (Å²) in [7, 11) is -3.84. The van der Waals surface area contributed by atoms with E-state index in [1.54, 1.807) is 18.3 Å². The van der Waals surface area contributed by atoms with Gasteiger partial charge < -0.3 is 10.4 Å². The summed E-state index contributed by atoms with van der Waals surface area (Å²) in [6, 6.07) is 6.16. The van der Waals surface area contributed by atoms with Crippen molar-refractivity contribution in [2.75, 3.05) is 18.4 Å². The fourth-order valence-electron chi connectivity index (χ4n) is 3.89. The maximum absolute atomic E-state index is 13.0. The van der Waals surface area contributed by atoms with Gasteiger partial charge in [0.25, 0.3) is 10.2 Å². The molecule has 3 heterocycles. The predicted molar refractivity (Wildman–Crippen MR) is 125 cm³/mol. The molecular weight excluding hydrogens is 505 g/mol. The predicted octanol–water partition coefficient (Wildman–Crippen LogP) is 3.55. The van der Waals surface area contributed by atoms with Crippen LogP contribution in [0.2, 0.25) is 0 Å². The van der Waals surface area contributed by atoms with Crippen LogP contribution in [0.3, 0.4) is 0 Å². The van der Waals surface area contributed by atoms with E-state index in [2.05, 4.69) is 20.3 Å². The fraction of sp³-hybridized carbons (Fsp3) is 0.381. The zero-order valence-corrected chi connectivity index (χ0v) is 20.2. The number of nitrogens with one attached hydrogen (secondary N) is 1. The number of hydrogen-bond acceptors (Lipinski definition) is 8. The number of aryl methyl sites for hydroxylation is 1.